The van der Waals surface area contributed by atoms with E-state index in [1.807, 2.05) is 32.1 Å². The minimum Gasteiger partial charge on any atom is -0.383 e. The molecular weight excluding hydrogens is 215 g/mol. The summed E-state index contributed by atoms with van der Waals surface area (Å²) in [6, 6.07) is 8.20. The fourth-order valence-electron chi connectivity index (χ4n) is 1.30. The van der Waals surface area contributed by atoms with Crippen LogP contribution in [0.2, 0.25) is 0 Å². The van der Waals surface area contributed by atoms with Crippen LogP contribution >= 0.6 is 7.92 Å². The number of hydrogen-bond acceptors (Lipinski definition) is 1. The molecule has 0 aliphatic carbocycles. The second kappa shape index (κ2) is 5.81. The molecule has 0 heterocycles. The van der Waals surface area contributed by atoms with Gasteiger partial charge in [0.15, 0.2) is 0 Å². The van der Waals surface area contributed by atoms with Crippen LogP contribution in [0.4, 0.5) is 5.69 Å². The molecule has 0 radical (unpaired) electrons. The molecule has 0 aromatic heterocycles. The van der Waals surface area contributed by atoms with Crippen LogP contribution < -0.4 is 11.0 Å². The molecule has 0 spiro atoms. The highest BCUT2D eigenvalue weighted by atomic mass is 31.1. The molecule has 0 saturated heterocycles. The zero-order valence-corrected chi connectivity index (χ0v) is 11.3. The van der Waals surface area contributed by atoms with Gasteiger partial charge in [0.1, 0.15) is 5.84 Å². The number of hydrogen-bond donors (Lipinski definition) is 1. The maximum absolute atomic E-state index is 5.92. The largest absolute Gasteiger partial charge is 0.383 e. The van der Waals surface area contributed by atoms with Crippen molar-refractivity contribution in [3.63, 3.8) is 0 Å². The SMILES string of the molecule is C/C=C(/C)C(N)=Nc1ccccc1P(C)C. The summed E-state index contributed by atoms with van der Waals surface area (Å²) in [4.78, 5) is 4.49. The molecule has 0 amide bonds. The zero-order chi connectivity index (χ0) is 12.1. The van der Waals surface area contributed by atoms with Crippen LogP contribution in [0, 0.1) is 0 Å². The molecule has 2 N–H and O–H groups in total. The summed E-state index contributed by atoms with van der Waals surface area (Å²) in [5.41, 5.74) is 7.93. The van der Waals surface area contributed by atoms with Crippen molar-refractivity contribution in [3.8, 4) is 0 Å². The highest BCUT2D eigenvalue weighted by Crippen LogP contribution is 2.29. The quantitative estimate of drug-likeness (QED) is 0.487. The van der Waals surface area contributed by atoms with E-state index in [0.29, 0.717) is 5.84 Å². The third-order valence-corrected chi connectivity index (χ3v) is 3.78. The molecule has 0 saturated carbocycles. The molecule has 0 fully saturated rings. The lowest BCUT2D eigenvalue weighted by Gasteiger charge is -2.10. The van der Waals surface area contributed by atoms with Crippen LogP contribution in [0.5, 0.6) is 0 Å². The van der Waals surface area contributed by atoms with Gasteiger partial charge in [0.25, 0.3) is 0 Å². The van der Waals surface area contributed by atoms with E-state index in [-0.39, 0.29) is 7.92 Å². The van der Waals surface area contributed by atoms with Gasteiger partial charge < -0.3 is 5.73 Å². The standard InChI is InChI=1S/C13H19N2P/c1-5-10(2)13(14)15-11-8-6-7-9-12(11)16(3)4/h5-9H,1-4H3,(H2,14,15)/b10-5-. The lowest BCUT2D eigenvalue weighted by Crippen LogP contribution is -2.13. The van der Waals surface area contributed by atoms with Crippen LogP contribution in [0.3, 0.4) is 0 Å². The molecule has 2 nitrogen and oxygen atoms in total. The van der Waals surface area contributed by atoms with Crippen molar-refractivity contribution in [2.75, 3.05) is 13.3 Å². The Morgan fingerprint density at radius 2 is 1.94 bits per heavy atom. The number of benzene rings is 1. The number of nitrogens with zero attached hydrogens (tertiary/aromatic N) is 1. The Balaban J connectivity index is 3.15. The fourth-order valence-corrected chi connectivity index (χ4v) is 2.27. The van der Waals surface area contributed by atoms with Crippen molar-refractivity contribution >= 4 is 24.7 Å². The van der Waals surface area contributed by atoms with E-state index in [1.165, 1.54) is 5.30 Å². The van der Waals surface area contributed by atoms with Gasteiger partial charge in [-0.3, -0.25) is 0 Å². The zero-order valence-electron chi connectivity index (χ0n) is 10.4. The van der Waals surface area contributed by atoms with Gasteiger partial charge in [-0.15, -0.1) is 0 Å². The van der Waals surface area contributed by atoms with Crippen molar-refractivity contribution < 1.29 is 0 Å². The number of allylic oxidation sites excluding steroid dienone is 1. The van der Waals surface area contributed by atoms with Crippen LogP contribution in [0.25, 0.3) is 0 Å². The van der Waals surface area contributed by atoms with E-state index >= 15 is 0 Å². The summed E-state index contributed by atoms with van der Waals surface area (Å²) >= 11 is 0. The van der Waals surface area contributed by atoms with Gasteiger partial charge in [-0.2, -0.15) is 0 Å². The van der Waals surface area contributed by atoms with Gasteiger partial charge in [-0.05, 0) is 38.8 Å². The molecule has 86 valence electrons. The number of para-hydroxylation sites is 1. The lowest BCUT2D eigenvalue weighted by molar-refractivity contribution is 1.42. The monoisotopic (exact) mass is 234 g/mol. The molecular formula is C13H19N2P. The number of rotatable bonds is 3. The maximum Gasteiger partial charge on any atom is 0.126 e. The molecule has 1 rings (SSSR count). The second-order valence-electron chi connectivity index (χ2n) is 3.85. The van der Waals surface area contributed by atoms with E-state index in [1.54, 1.807) is 0 Å². The van der Waals surface area contributed by atoms with Gasteiger partial charge in [-0.1, -0.05) is 32.2 Å². The van der Waals surface area contributed by atoms with Gasteiger partial charge in [0.05, 0.1) is 5.69 Å². The van der Waals surface area contributed by atoms with Crippen LogP contribution in [0.1, 0.15) is 13.8 Å². The van der Waals surface area contributed by atoms with Gasteiger partial charge in [0.2, 0.25) is 0 Å². The van der Waals surface area contributed by atoms with E-state index < -0.39 is 0 Å². The molecule has 0 aliphatic heterocycles. The maximum atomic E-state index is 5.92. The summed E-state index contributed by atoms with van der Waals surface area (Å²) in [6.45, 7) is 8.39. The molecule has 1 aromatic rings. The summed E-state index contributed by atoms with van der Waals surface area (Å²) in [5, 5.41) is 1.30. The topological polar surface area (TPSA) is 38.4 Å². The first kappa shape index (κ1) is 12.9. The van der Waals surface area contributed by atoms with Crippen molar-refractivity contribution in [1.82, 2.24) is 0 Å². The highest BCUT2D eigenvalue weighted by molar-refractivity contribution is 7.64. The average molecular weight is 234 g/mol. The first-order valence-corrected chi connectivity index (χ1v) is 7.53. The normalized spacial score (nSPS) is 13.3. The number of aliphatic imine (C=N–C) groups is 1. The smallest absolute Gasteiger partial charge is 0.126 e. The molecule has 0 aliphatic rings. The third-order valence-electron chi connectivity index (χ3n) is 2.44. The Labute approximate surface area is 99.0 Å². The Bertz CT molecular complexity index is 420. The van der Waals surface area contributed by atoms with Gasteiger partial charge >= 0.3 is 0 Å². The van der Waals surface area contributed by atoms with E-state index in [2.05, 4.69) is 30.5 Å². The molecule has 3 heteroatoms. The summed E-state index contributed by atoms with van der Waals surface area (Å²) in [5.74, 6) is 0.604. The van der Waals surface area contributed by atoms with Crippen LogP contribution in [-0.2, 0) is 0 Å². The summed E-state index contributed by atoms with van der Waals surface area (Å²) < 4.78 is 0. The van der Waals surface area contributed by atoms with E-state index in [0.717, 1.165) is 11.3 Å². The van der Waals surface area contributed by atoms with Crippen molar-refractivity contribution in [2.24, 2.45) is 10.7 Å². The van der Waals surface area contributed by atoms with Crippen molar-refractivity contribution in [3.05, 3.63) is 35.9 Å². The minimum absolute atomic E-state index is 0.153. The first-order valence-electron chi connectivity index (χ1n) is 5.30. The van der Waals surface area contributed by atoms with Crippen LogP contribution in [0.15, 0.2) is 40.9 Å². The molecule has 1 aromatic carbocycles. The minimum atomic E-state index is -0.153. The third kappa shape index (κ3) is 3.18. The first-order chi connectivity index (χ1) is 7.56. The van der Waals surface area contributed by atoms with Crippen molar-refractivity contribution in [1.29, 1.82) is 0 Å². The summed E-state index contributed by atoms with van der Waals surface area (Å²) in [6.07, 6.45) is 1.97. The average Bonchev–Trinajstić information content (AvgIpc) is 2.28. The Kier molecular flexibility index (Phi) is 4.70. The Morgan fingerprint density at radius 3 is 2.50 bits per heavy atom. The molecule has 16 heavy (non-hydrogen) atoms. The van der Waals surface area contributed by atoms with E-state index in [4.69, 9.17) is 5.73 Å². The molecule has 0 unspecified atom stereocenters. The number of nitrogens with two attached hydrogens (primary N) is 1. The lowest BCUT2D eigenvalue weighted by atomic mass is 10.2. The number of amidine groups is 1. The highest BCUT2D eigenvalue weighted by Gasteiger charge is 2.05. The van der Waals surface area contributed by atoms with Crippen LogP contribution in [-0.4, -0.2) is 19.2 Å². The molecule has 0 atom stereocenters. The van der Waals surface area contributed by atoms with Gasteiger partial charge in [-0.25, -0.2) is 4.99 Å². The van der Waals surface area contributed by atoms with E-state index in [9.17, 15) is 0 Å². The predicted molar refractivity (Wildman–Crippen MR) is 75.6 cm³/mol. The second-order valence-corrected chi connectivity index (χ2v) is 6.12. The fraction of sp³-hybridized carbons (Fsp3) is 0.308. The Hall–Kier alpha value is -1.14. The summed E-state index contributed by atoms with van der Waals surface area (Å²) in [7, 11) is -0.153. The van der Waals surface area contributed by atoms with Crippen molar-refractivity contribution in [2.45, 2.75) is 13.8 Å². The Morgan fingerprint density at radius 1 is 1.31 bits per heavy atom. The predicted octanol–water partition coefficient (Wildman–Crippen LogP) is 3.01. The molecule has 0 bridgehead atoms. The van der Waals surface area contributed by atoms with Gasteiger partial charge in [0, 0.05) is 5.30 Å².